The van der Waals surface area contributed by atoms with Gasteiger partial charge in [0.1, 0.15) is 5.76 Å². The standard InChI is InChI=1S/C14H17BrN2O3S/c1-10-4-5-11(15)8-13(10)16-9-12-6-7-14(20-12)21(18,19)17(2)3/h4-8,16H,9H2,1-3H3. The van der Waals surface area contributed by atoms with Crippen molar-refractivity contribution < 1.29 is 12.8 Å². The van der Waals surface area contributed by atoms with Gasteiger partial charge in [0, 0.05) is 24.3 Å². The first kappa shape index (κ1) is 16.1. The number of halogens is 1. The Morgan fingerprint density at radius 3 is 2.62 bits per heavy atom. The lowest BCUT2D eigenvalue weighted by Gasteiger charge is -2.09. The van der Waals surface area contributed by atoms with Crippen molar-refractivity contribution >= 4 is 31.6 Å². The Bertz CT molecular complexity index is 738. The fourth-order valence-electron chi connectivity index (χ4n) is 1.74. The average molecular weight is 373 g/mol. The van der Waals surface area contributed by atoms with Gasteiger partial charge in [0.05, 0.1) is 6.54 Å². The molecule has 0 amide bonds. The molecule has 2 rings (SSSR count). The van der Waals surface area contributed by atoms with E-state index in [1.807, 2.05) is 25.1 Å². The summed E-state index contributed by atoms with van der Waals surface area (Å²) < 4.78 is 31.3. The van der Waals surface area contributed by atoms with Crippen LogP contribution in [0.1, 0.15) is 11.3 Å². The number of anilines is 1. The summed E-state index contributed by atoms with van der Waals surface area (Å²) in [6, 6.07) is 9.07. The molecule has 114 valence electrons. The normalized spacial score (nSPS) is 11.9. The van der Waals surface area contributed by atoms with Gasteiger partial charge in [-0.1, -0.05) is 22.0 Å². The van der Waals surface area contributed by atoms with Gasteiger partial charge in [-0.2, -0.15) is 0 Å². The van der Waals surface area contributed by atoms with Crippen LogP contribution in [0.5, 0.6) is 0 Å². The SMILES string of the molecule is Cc1ccc(Br)cc1NCc1ccc(S(=O)(=O)N(C)C)o1. The lowest BCUT2D eigenvalue weighted by molar-refractivity contribution is 0.402. The topological polar surface area (TPSA) is 62.6 Å². The Labute approximate surface area is 133 Å². The van der Waals surface area contributed by atoms with E-state index in [0.29, 0.717) is 12.3 Å². The van der Waals surface area contributed by atoms with E-state index in [0.717, 1.165) is 20.0 Å². The molecule has 0 saturated carbocycles. The van der Waals surface area contributed by atoms with E-state index in [2.05, 4.69) is 21.2 Å². The Morgan fingerprint density at radius 1 is 1.24 bits per heavy atom. The van der Waals surface area contributed by atoms with E-state index in [1.54, 1.807) is 6.07 Å². The van der Waals surface area contributed by atoms with Crippen molar-refractivity contribution in [2.45, 2.75) is 18.6 Å². The highest BCUT2D eigenvalue weighted by atomic mass is 79.9. The molecule has 1 N–H and O–H groups in total. The number of aryl methyl sites for hydroxylation is 1. The van der Waals surface area contributed by atoms with Gasteiger partial charge in [-0.25, -0.2) is 12.7 Å². The van der Waals surface area contributed by atoms with Gasteiger partial charge in [-0.05, 0) is 36.8 Å². The third-order valence-electron chi connectivity index (χ3n) is 3.02. The van der Waals surface area contributed by atoms with Crippen molar-refractivity contribution in [3.63, 3.8) is 0 Å². The predicted octanol–water partition coefficient (Wildman–Crippen LogP) is 3.21. The molecule has 0 bridgehead atoms. The average Bonchev–Trinajstić information content (AvgIpc) is 2.89. The maximum atomic E-state index is 11.9. The second-order valence-corrected chi connectivity index (χ2v) is 7.82. The van der Waals surface area contributed by atoms with E-state index in [4.69, 9.17) is 4.42 Å². The van der Waals surface area contributed by atoms with Crippen molar-refractivity contribution in [1.82, 2.24) is 4.31 Å². The van der Waals surface area contributed by atoms with Gasteiger partial charge in [0.25, 0.3) is 10.0 Å². The number of rotatable bonds is 5. The molecule has 21 heavy (non-hydrogen) atoms. The van der Waals surface area contributed by atoms with E-state index in [1.165, 1.54) is 20.2 Å². The van der Waals surface area contributed by atoms with Crippen LogP contribution in [0.3, 0.4) is 0 Å². The summed E-state index contributed by atoms with van der Waals surface area (Å²) in [5.74, 6) is 0.565. The maximum absolute atomic E-state index is 11.9. The number of nitrogens with one attached hydrogen (secondary N) is 1. The third kappa shape index (κ3) is 3.66. The molecule has 0 aliphatic carbocycles. The minimum Gasteiger partial charge on any atom is -0.446 e. The Hall–Kier alpha value is -1.31. The zero-order valence-corrected chi connectivity index (χ0v) is 14.5. The Morgan fingerprint density at radius 2 is 1.95 bits per heavy atom. The molecule has 7 heteroatoms. The third-order valence-corrected chi connectivity index (χ3v) is 5.21. The minimum atomic E-state index is -3.52. The smallest absolute Gasteiger partial charge is 0.275 e. The molecule has 0 aliphatic heterocycles. The number of benzene rings is 1. The van der Waals surface area contributed by atoms with Crippen LogP contribution in [0.25, 0.3) is 0 Å². The molecule has 2 aromatic rings. The predicted molar refractivity (Wildman–Crippen MR) is 85.8 cm³/mol. The molecule has 0 radical (unpaired) electrons. The van der Waals surface area contributed by atoms with Crippen molar-refractivity contribution in [2.75, 3.05) is 19.4 Å². The van der Waals surface area contributed by atoms with Crippen LogP contribution in [0.15, 0.2) is 44.3 Å². The summed E-state index contributed by atoms with van der Waals surface area (Å²) in [4.78, 5) is 0. The van der Waals surface area contributed by atoms with Gasteiger partial charge in [0.2, 0.25) is 5.09 Å². The number of nitrogens with zero attached hydrogens (tertiary/aromatic N) is 1. The summed E-state index contributed by atoms with van der Waals surface area (Å²) >= 11 is 3.42. The van der Waals surface area contributed by atoms with E-state index in [9.17, 15) is 8.42 Å². The zero-order chi connectivity index (χ0) is 15.6. The highest BCUT2D eigenvalue weighted by molar-refractivity contribution is 9.10. The molecule has 0 atom stereocenters. The second-order valence-electron chi connectivity index (χ2n) is 4.82. The van der Waals surface area contributed by atoms with Crippen molar-refractivity contribution in [3.05, 3.63) is 46.1 Å². The van der Waals surface area contributed by atoms with Crippen LogP contribution < -0.4 is 5.32 Å². The van der Waals surface area contributed by atoms with Gasteiger partial charge >= 0.3 is 0 Å². The monoisotopic (exact) mass is 372 g/mol. The molecule has 0 fully saturated rings. The van der Waals surface area contributed by atoms with Crippen LogP contribution >= 0.6 is 15.9 Å². The second kappa shape index (κ2) is 6.21. The number of hydrogen-bond donors (Lipinski definition) is 1. The highest BCUT2D eigenvalue weighted by Gasteiger charge is 2.21. The molecule has 0 spiro atoms. The van der Waals surface area contributed by atoms with E-state index >= 15 is 0 Å². The first-order chi connectivity index (χ1) is 9.80. The molecule has 0 aliphatic rings. The van der Waals surface area contributed by atoms with Crippen LogP contribution in [-0.2, 0) is 16.6 Å². The van der Waals surface area contributed by atoms with Gasteiger partial charge in [-0.3, -0.25) is 0 Å². The van der Waals surface area contributed by atoms with E-state index < -0.39 is 10.0 Å². The molecule has 1 aromatic carbocycles. The number of hydrogen-bond acceptors (Lipinski definition) is 4. The first-order valence-electron chi connectivity index (χ1n) is 6.32. The molecule has 0 saturated heterocycles. The molecule has 0 unspecified atom stereocenters. The van der Waals surface area contributed by atoms with Crippen LogP contribution in [0.2, 0.25) is 0 Å². The largest absolute Gasteiger partial charge is 0.446 e. The van der Waals surface area contributed by atoms with Crippen molar-refractivity contribution in [2.24, 2.45) is 0 Å². The highest BCUT2D eigenvalue weighted by Crippen LogP contribution is 2.22. The Balaban J connectivity index is 2.12. The summed E-state index contributed by atoms with van der Waals surface area (Å²) in [5.41, 5.74) is 2.07. The van der Waals surface area contributed by atoms with E-state index in [-0.39, 0.29) is 5.09 Å². The minimum absolute atomic E-state index is 0.0461. The number of sulfonamides is 1. The molecule has 1 aromatic heterocycles. The Kier molecular flexibility index (Phi) is 4.75. The van der Waals surface area contributed by atoms with Gasteiger partial charge in [0.15, 0.2) is 0 Å². The van der Waals surface area contributed by atoms with Gasteiger partial charge < -0.3 is 9.73 Å². The van der Waals surface area contributed by atoms with Gasteiger partial charge in [-0.15, -0.1) is 0 Å². The summed E-state index contributed by atoms with van der Waals surface area (Å²) in [5, 5.41) is 3.19. The van der Waals surface area contributed by atoms with Crippen LogP contribution in [0.4, 0.5) is 5.69 Å². The maximum Gasteiger partial charge on any atom is 0.275 e. The summed E-state index contributed by atoms with van der Waals surface area (Å²) in [7, 11) is -0.577. The quantitative estimate of drug-likeness (QED) is 0.874. The first-order valence-corrected chi connectivity index (χ1v) is 8.55. The van der Waals surface area contributed by atoms with Crippen molar-refractivity contribution in [3.8, 4) is 0 Å². The lowest BCUT2D eigenvalue weighted by Crippen LogP contribution is -2.21. The summed E-state index contributed by atoms with van der Waals surface area (Å²) in [6.45, 7) is 2.42. The number of furan rings is 1. The molecule has 1 heterocycles. The lowest BCUT2D eigenvalue weighted by atomic mass is 10.2. The molecular formula is C14H17BrN2O3S. The fourth-order valence-corrected chi connectivity index (χ4v) is 2.91. The molecule has 5 nitrogen and oxygen atoms in total. The molecular weight excluding hydrogens is 356 g/mol. The zero-order valence-electron chi connectivity index (χ0n) is 12.1. The summed E-state index contributed by atoms with van der Waals surface area (Å²) in [6.07, 6.45) is 0. The van der Waals surface area contributed by atoms with Crippen molar-refractivity contribution in [1.29, 1.82) is 0 Å². The van der Waals surface area contributed by atoms with Crippen LogP contribution in [-0.4, -0.2) is 26.8 Å². The fraction of sp³-hybridized carbons (Fsp3) is 0.286. The van der Waals surface area contributed by atoms with Crippen LogP contribution in [0, 0.1) is 6.92 Å².